The van der Waals surface area contributed by atoms with Gasteiger partial charge in [-0.25, -0.2) is 5.26 Å². The van der Waals surface area contributed by atoms with E-state index in [0.717, 1.165) is 12.1 Å². The van der Waals surface area contributed by atoms with Gasteiger partial charge in [0.25, 0.3) is 0 Å². The van der Waals surface area contributed by atoms with Crippen LogP contribution in [0.1, 0.15) is 0 Å². The Morgan fingerprint density at radius 1 is 0.744 bits per heavy atom. The normalized spacial score (nSPS) is 18.1. The summed E-state index contributed by atoms with van der Waals surface area (Å²) < 4.78 is 146. The number of benzene rings is 1. The third kappa shape index (κ3) is 9.39. The zero-order valence-electron chi connectivity index (χ0n) is 19.8. The number of hydrogen-bond donors (Lipinski definition) is 1. The third-order valence-corrected chi connectivity index (χ3v) is 6.31. The summed E-state index contributed by atoms with van der Waals surface area (Å²) in [6.45, 7) is 1.46. The van der Waals surface area contributed by atoms with Gasteiger partial charge in [-0.05, 0) is 12.1 Å². The van der Waals surface area contributed by atoms with Crippen LogP contribution in [0.15, 0.2) is 18.2 Å². The Bertz CT molecular complexity index is 986. The first-order valence-corrected chi connectivity index (χ1v) is 12.9. The largest absolute Gasteiger partial charge is 0.487 e. The van der Waals surface area contributed by atoms with Gasteiger partial charge in [0.15, 0.2) is 11.5 Å². The van der Waals surface area contributed by atoms with Crippen molar-refractivity contribution in [3.05, 3.63) is 18.2 Å². The van der Waals surface area contributed by atoms with Gasteiger partial charge in [0.2, 0.25) is 0 Å². The first-order chi connectivity index (χ1) is 18.4. The van der Waals surface area contributed by atoms with Gasteiger partial charge in [0, 0.05) is 6.07 Å². The summed E-state index contributed by atoms with van der Waals surface area (Å²) in [6, 6.07) is 2.44. The molecule has 0 amide bonds. The number of hydrogen-bond acceptors (Lipinski definition) is 13. The molecule has 0 radical (unpaired) electrons. The van der Waals surface area contributed by atoms with E-state index in [-0.39, 0.29) is 64.4 Å². The van der Waals surface area contributed by atoms with Crippen LogP contribution in [0.25, 0.3) is 0 Å². The average molecular weight is 623 g/mol. The average Bonchev–Trinajstić information content (AvgIpc) is 2.87. The van der Waals surface area contributed by atoms with Crippen LogP contribution in [-0.2, 0) is 38.4 Å². The molecule has 0 unspecified atom stereocenters. The Labute approximate surface area is 222 Å². The molecule has 0 aliphatic carbocycles. The minimum absolute atomic E-state index is 0.0114. The number of rotatable bonds is 8. The lowest BCUT2D eigenvalue weighted by molar-refractivity contribution is -0.434. The highest BCUT2D eigenvalue weighted by Crippen LogP contribution is 2.54. The summed E-state index contributed by atoms with van der Waals surface area (Å²) in [5.74, 6) is -7.93. The summed E-state index contributed by atoms with van der Waals surface area (Å²) in [6.07, 6.45) is 0. The van der Waals surface area contributed by atoms with E-state index in [4.69, 9.17) is 33.7 Å². The quantitative estimate of drug-likeness (QED) is 0.150. The molecule has 226 valence electrons. The second kappa shape index (κ2) is 15.3. The highest BCUT2D eigenvalue weighted by Gasteiger charge is 2.79. The Morgan fingerprint density at radius 2 is 1.21 bits per heavy atom. The number of ether oxygens (including phenoxy) is 6. The Hall–Kier alpha value is -1.78. The van der Waals surface area contributed by atoms with Gasteiger partial charge in [-0.1, -0.05) is 5.04 Å². The minimum Gasteiger partial charge on any atom is -0.487 e. The van der Waals surface area contributed by atoms with Crippen LogP contribution in [0.3, 0.4) is 0 Å². The SMILES string of the molecule is O=S(=O)(Oc1ccc2c(c1)OCCOCCOCCOCCOCCO2)C(F)(F)C(F)(F)C(F)(F)SOOO. The number of alkyl halides is 6. The minimum atomic E-state index is -6.77. The van der Waals surface area contributed by atoms with E-state index in [1.54, 1.807) is 0 Å². The van der Waals surface area contributed by atoms with E-state index in [1.807, 2.05) is 0 Å². The Morgan fingerprint density at radius 3 is 1.69 bits per heavy atom. The second-order valence-corrected chi connectivity index (χ2v) is 9.53. The van der Waals surface area contributed by atoms with Gasteiger partial charge in [-0.3, -0.25) is 0 Å². The van der Waals surface area contributed by atoms with Gasteiger partial charge in [-0.2, -0.15) is 34.8 Å². The van der Waals surface area contributed by atoms with Crippen LogP contribution in [-0.4, -0.2) is 96.2 Å². The molecule has 0 bridgehead atoms. The van der Waals surface area contributed by atoms with Crippen LogP contribution in [0.4, 0.5) is 26.3 Å². The molecule has 0 spiro atoms. The molecule has 1 aliphatic rings. The lowest BCUT2D eigenvalue weighted by Gasteiger charge is -2.29. The molecule has 0 saturated heterocycles. The third-order valence-electron chi connectivity index (χ3n) is 4.42. The molecular weight excluding hydrogens is 598 g/mol. The molecule has 0 atom stereocenters. The van der Waals surface area contributed by atoms with Gasteiger partial charge in [0.05, 0.1) is 52.9 Å². The van der Waals surface area contributed by atoms with E-state index in [9.17, 15) is 34.8 Å². The fourth-order valence-electron chi connectivity index (χ4n) is 2.57. The molecular formula is C19H24F6O12S2. The molecule has 1 heterocycles. The molecule has 20 heteroatoms. The van der Waals surface area contributed by atoms with Crippen molar-refractivity contribution in [2.24, 2.45) is 0 Å². The molecule has 12 nitrogen and oxygen atoms in total. The highest BCUT2D eigenvalue weighted by molar-refractivity contribution is 7.95. The number of halogens is 6. The van der Waals surface area contributed by atoms with Gasteiger partial charge in [-0.15, -0.1) is 4.33 Å². The van der Waals surface area contributed by atoms with Crippen molar-refractivity contribution in [2.75, 3.05) is 66.1 Å². The maximum atomic E-state index is 14.2. The van der Waals surface area contributed by atoms with Crippen molar-refractivity contribution in [1.82, 2.24) is 0 Å². The van der Waals surface area contributed by atoms with E-state index in [1.165, 1.54) is 0 Å². The van der Waals surface area contributed by atoms with E-state index >= 15 is 0 Å². The van der Waals surface area contributed by atoms with Crippen molar-refractivity contribution in [3.8, 4) is 17.2 Å². The molecule has 1 aromatic rings. The van der Waals surface area contributed by atoms with Crippen LogP contribution in [0.5, 0.6) is 17.2 Å². The van der Waals surface area contributed by atoms with Crippen LogP contribution in [0.2, 0.25) is 0 Å². The maximum Gasteiger partial charge on any atom is 0.450 e. The van der Waals surface area contributed by atoms with E-state index in [0.29, 0.717) is 19.3 Å². The summed E-state index contributed by atoms with van der Waals surface area (Å²) in [7, 11) is -6.77. The monoisotopic (exact) mass is 622 g/mol. The zero-order valence-corrected chi connectivity index (χ0v) is 21.5. The standard InChI is InChI=1S/C19H24F6O12S2/c20-17(21,18(22,23)38-37-36-26)19(24,25)39(27,28)35-14-1-2-15-16(13-14)34-12-10-32-8-6-30-4-3-29-5-7-31-9-11-33-15/h1-2,13,26H,3-12H2. The van der Waals surface area contributed by atoms with Gasteiger partial charge in [0.1, 0.15) is 31.0 Å². The lowest BCUT2D eigenvalue weighted by atomic mass is 10.3. The molecule has 39 heavy (non-hydrogen) atoms. The first kappa shape index (κ1) is 33.4. The first-order valence-electron chi connectivity index (χ1n) is 10.8. The molecule has 1 aromatic carbocycles. The van der Waals surface area contributed by atoms with Crippen molar-refractivity contribution in [3.63, 3.8) is 0 Å². The van der Waals surface area contributed by atoms with Crippen molar-refractivity contribution in [1.29, 1.82) is 0 Å². The van der Waals surface area contributed by atoms with Crippen molar-refractivity contribution in [2.45, 2.75) is 16.4 Å². The fraction of sp³-hybridized carbons (Fsp3) is 0.684. The maximum absolute atomic E-state index is 14.2. The predicted molar refractivity (Wildman–Crippen MR) is 117 cm³/mol. The highest BCUT2D eigenvalue weighted by atomic mass is 32.2. The predicted octanol–water partition coefficient (Wildman–Crippen LogP) is 3.12. The second-order valence-electron chi connectivity index (χ2n) is 7.13. The lowest BCUT2D eigenvalue weighted by Crippen LogP contribution is -2.57. The van der Waals surface area contributed by atoms with E-state index < -0.39 is 44.3 Å². The molecule has 0 saturated carbocycles. The zero-order chi connectivity index (χ0) is 29.0. The Balaban J connectivity index is 2.20. The smallest absolute Gasteiger partial charge is 0.450 e. The molecule has 1 N–H and O–H groups in total. The van der Waals surface area contributed by atoms with Gasteiger partial charge >= 0.3 is 26.5 Å². The van der Waals surface area contributed by atoms with Crippen LogP contribution >= 0.6 is 12.0 Å². The molecule has 0 aromatic heterocycles. The number of fused-ring (bicyclic) bond motifs is 1. The topological polar surface area (TPSA) is 137 Å². The summed E-state index contributed by atoms with van der Waals surface area (Å²) in [5.41, 5.74) is 0. The molecule has 1 aliphatic heterocycles. The molecule has 2 rings (SSSR count). The Kier molecular flexibility index (Phi) is 13.1. The van der Waals surface area contributed by atoms with E-state index in [2.05, 4.69) is 13.6 Å². The van der Waals surface area contributed by atoms with Crippen LogP contribution in [0, 0.1) is 0 Å². The fourth-order valence-corrected chi connectivity index (χ4v) is 3.89. The summed E-state index contributed by atoms with van der Waals surface area (Å²) >= 11 is -1.76. The van der Waals surface area contributed by atoms with Gasteiger partial charge < -0.3 is 32.6 Å². The molecule has 0 fully saturated rings. The van der Waals surface area contributed by atoms with Crippen molar-refractivity contribution < 1.29 is 82.0 Å². The van der Waals surface area contributed by atoms with Crippen molar-refractivity contribution >= 4 is 22.2 Å². The summed E-state index contributed by atoms with van der Waals surface area (Å²) in [4.78, 5) is 0. The summed E-state index contributed by atoms with van der Waals surface area (Å²) in [5, 5.41) is -1.90. The van der Waals surface area contributed by atoms with Crippen LogP contribution < -0.4 is 13.7 Å².